The third-order valence-electron chi connectivity index (χ3n) is 4.90. The van der Waals surface area contributed by atoms with Crippen LogP contribution in [0.2, 0.25) is 5.02 Å². The van der Waals surface area contributed by atoms with Gasteiger partial charge in [0.25, 0.3) is 17.5 Å². The fourth-order valence-electron chi connectivity index (χ4n) is 3.10. The molecule has 14 heteroatoms. The lowest BCUT2D eigenvalue weighted by molar-refractivity contribution is -0.384. The van der Waals surface area contributed by atoms with Gasteiger partial charge in [-0.3, -0.25) is 24.4 Å². The molecule has 2 amide bonds. The number of anilines is 1. The summed E-state index contributed by atoms with van der Waals surface area (Å²) in [6.07, 6.45) is 4.57. The first kappa shape index (κ1) is 24.5. The van der Waals surface area contributed by atoms with Crippen LogP contribution >= 0.6 is 11.6 Å². The summed E-state index contributed by atoms with van der Waals surface area (Å²) in [5.74, 6) is -0.238. The number of carbonyl (C=O) groups excluding carboxylic acids is 2. The maximum atomic E-state index is 12.8. The number of rotatable bonds is 10. The zero-order valence-electron chi connectivity index (χ0n) is 18.9. The topological polar surface area (TPSA) is 159 Å². The number of hydrogen-bond donors (Lipinski definition) is 2. The zero-order chi connectivity index (χ0) is 25.7. The number of amides is 2. The number of ether oxygens (including phenoxy) is 1. The van der Waals surface area contributed by atoms with Gasteiger partial charge in [-0.05, 0) is 31.2 Å². The number of nitro groups is 1. The molecule has 0 saturated carbocycles. The van der Waals surface area contributed by atoms with Crippen LogP contribution in [0.1, 0.15) is 33.7 Å². The number of nitrogens with zero attached hydrogens (tertiary/aromatic N) is 5. The minimum Gasteiger partial charge on any atom is -0.470 e. The normalized spacial score (nSPS) is 10.7. The van der Waals surface area contributed by atoms with Crippen LogP contribution in [0.4, 0.5) is 11.4 Å². The quantitative estimate of drug-likeness (QED) is 0.241. The van der Waals surface area contributed by atoms with Crippen LogP contribution in [0.15, 0.2) is 59.5 Å². The van der Waals surface area contributed by atoms with Gasteiger partial charge in [0.05, 0.1) is 28.4 Å². The van der Waals surface area contributed by atoms with E-state index in [0.29, 0.717) is 12.3 Å². The first-order valence-electron chi connectivity index (χ1n) is 10.6. The minimum atomic E-state index is -0.563. The molecular weight excluding hydrogens is 494 g/mol. The van der Waals surface area contributed by atoms with Crippen LogP contribution in [0, 0.1) is 10.1 Å². The summed E-state index contributed by atoms with van der Waals surface area (Å²) in [6.45, 7) is 2.41. The smallest absolute Gasteiger partial charge is 0.276 e. The number of halogens is 1. The van der Waals surface area contributed by atoms with Gasteiger partial charge in [-0.25, -0.2) is 4.68 Å². The van der Waals surface area contributed by atoms with E-state index in [1.807, 2.05) is 6.92 Å². The zero-order valence-corrected chi connectivity index (χ0v) is 19.6. The lowest BCUT2D eigenvalue weighted by atomic mass is 10.3. The summed E-state index contributed by atoms with van der Waals surface area (Å²) in [6, 6.07) is 8.73. The lowest BCUT2D eigenvalue weighted by Gasteiger charge is -2.08. The average molecular weight is 514 g/mol. The Hall–Kier alpha value is -4.65. The van der Waals surface area contributed by atoms with Gasteiger partial charge in [0.15, 0.2) is 18.1 Å². The Bertz CT molecular complexity index is 1400. The molecule has 0 bridgehead atoms. The molecule has 1 aromatic carbocycles. The van der Waals surface area contributed by atoms with E-state index in [0.717, 1.165) is 0 Å². The SMILES string of the molecule is CCn1cc(NC(=O)c2ccn(COc3ccc([N+](=O)[O-])cc3Cl)n2)c(C(=O)NCc2ccco2)n1. The molecule has 3 aromatic heterocycles. The predicted molar refractivity (Wildman–Crippen MR) is 127 cm³/mol. The van der Waals surface area contributed by atoms with Crippen LogP contribution < -0.4 is 15.4 Å². The molecule has 4 rings (SSSR count). The molecule has 4 aromatic rings. The van der Waals surface area contributed by atoms with E-state index < -0.39 is 16.7 Å². The summed E-state index contributed by atoms with van der Waals surface area (Å²) >= 11 is 6.02. The lowest BCUT2D eigenvalue weighted by Crippen LogP contribution is -2.25. The van der Waals surface area contributed by atoms with E-state index >= 15 is 0 Å². The van der Waals surface area contributed by atoms with Gasteiger partial charge >= 0.3 is 0 Å². The van der Waals surface area contributed by atoms with Crippen LogP contribution in [-0.2, 0) is 19.8 Å². The number of benzene rings is 1. The molecule has 0 atom stereocenters. The Morgan fingerprint density at radius 1 is 1.19 bits per heavy atom. The molecule has 3 heterocycles. The number of aryl methyl sites for hydroxylation is 1. The van der Waals surface area contributed by atoms with Gasteiger partial charge in [0, 0.05) is 31.1 Å². The summed E-state index contributed by atoms with van der Waals surface area (Å²) in [5.41, 5.74) is 0.181. The highest BCUT2D eigenvalue weighted by Gasteiger charge is 2.20. The molecule has 186 valence electrons. The van der Waals surface area contributed by atoms with Crippen molar-refractivity contribution in [2.75, 3.05) is 5.32 Å². The third-order valence-corrected chi connectivity index (χ3v) is 5.20. The second-order valence-electron chi connectivity index (χ2n) is 7.35. The van der Waals surface area contributed by atoms with Crippen molar-refractivity contribution >= 4 is 34.8 Å². The maximum absolute atomic E-state index is 12.8. The average Bonchev–Trinajstić information content (AvgIpc) is 3.62. The number of hydrogen-bond acceptors (Lipinski definition) is 8. The van der Waals surface area contributed by atoms with Crippen LogP contribution in [0.3, 0.4) is 0 Å². The monoisotopic (exact) mass is 513 g/mol. The first-order valence-corrected chi connectivity index (χ1v) is 11.0. The molecule has 36 heavy (non-hydrogen) atoms. The van der Waals surface area contributed by atoms with Crippen LogP contribution in [0.5, 0.6) is 5.75 Å². The molecular formula is C22H20ClN7O6. The summed E-state index contributed by atoms with van der Waals surface area (Å²) < 4.78 is 13.6. The minimum absolute atomic E-state index is 0.0485. The van der Waals surface area contributed by atoms with Gasteiger partial charge in [0.2, 0.25) is 0 Å². The summed E-state index contributed by atoms with van der Waals surface area (Å²) in [4.78, 5) is 35.7. The Morgan fingerprint density at radius 3 is 2.72 bits per heavy atom. The Morgan fingerprint density at radius 2 is 2.03 bits per heavy atom. The fraction of sp³-hybridized carbons (Fsp3) is 0.182. The van der Waals surface area contributed by atoms with E-state index in [2.05, 4.69) is 20.8 Å². The highest BCUT2D eigenvalue weighted by Crippen LogP contribution is 2.28. The standard InChI is InChI=1S/C22H20ClN7O6/c1-2-28-12-18(20(27-28)22(32)24-11-15-4-3-9-35-15)25-21(31)17-7-8-29(26-17)13-36-19-6-5-14(30(33)34)10-16(19)23/h3-10,12H,2,11,13H2,1H3,(H,24,32)(H,25,31). The predicted octanol–water partition coefficient (Wildman–Crippen LogP) is 3.47. The number of furan rings is 1. The van der Waals surface area contributed by atoms with E-state index in [1.165, 1.54) is 46.1 Å². The van der Waals surface area contributed by atoms with Crippen molar-refractivity contribution in [1.29, 1.82) is 0 Å². The molecule has 0 spiro atoms. The number of aromatic nitrogens is 4. The van der Waals surface area contributed by atoms with Crippen LogP contribution in [-0.4, -0.2) is 36.3 Å². The molecule has 0 unspecified atom stereocenters. The van der Waals surface area contributed by atoms with E-state index in [9.17, 15) is 19.7 Å². The fourth-order valence-corrected chi connectivity index (χ4v) is 3.33. The van der Waals surface area contributed by atoms with Crippen molar-refractivity contribution in [3.8, 4) is 5.75 Å². The second kappa shape index (κ2) is 10.7. The Labute approximate surface area is 208 Å². The van der Waals surface area contributed by atoms with Gasteiger partial charge in [-0.15, -0.1) is 0 Å². The molecule has 0 aliphatic carbocycles. The molecule has 0 saturated heterocycles. The van der Waals surface area contributed by atoms with Crippen LogP contribution in [0.25, 0.3) is 0 Å². The molecule has 0 fully saturated rings. The summed E-state index contributed by atoms with van der Waals surface area (Å²) in [7, 11) is 0. The van der Waals surface area contributed by atoms with E-state index in [1.54, 1.807) is 18.3 Å². The van der Waals surface area contributed by atoms with E-state index in [-0.39, 0.29) is 46.8 Å². The second-order valence-corrected chi connectivity index (χ2v) is 7.76. The van der Waals surface area contributed by atoms with Gasteiger partial charge < -0.3 is 19.8 Å². The van der Waals surface area contributed by atoms with Crippen molar-refractivity contribution in [2.24, 2.45) is 0 Å². The van der Waals surface area contributed by atoms with Crippen molar-refractivity contribution in [3.05, 3.63) is 87.3 Å². The summed E-state index contributed by atoms with van der Waals surface area (Å²) in [5, 5.41) is 24.6. The van der Waals surface area contributed by atoms with Crippen molar-refractivity contribution in [3.63, 3.8) is 0 Å². The molecule has 0 aliphatic rings. The number of nitro benzene ring substituents is 1. The Kier molecular flexibility index (Phi) is 7.30. The van der Waals surface area contributed by atoms with Gasteiger partial charge in [-0.2, -0.15) is 10.2 Å². The highest BCUT2D eigenvalue weighted by molar-refractivity contribution is 6.32. The van der Waals surface area contributed by atoms with Crippen molar-refractivity contribution in [1.82, 2.24) is 24.9 Å². The first-order chi connectivity index (χ1) is 17.3. The van der Waals surface area contributed by atoms with E-state index in [4.69, 9.17) is 20.8 Å². The third kappa shape index (κ3) is 5.70. The van der Waals surface area contributed by atoms with Gasteiger partial charge in [0.1, 0.15) is 11.5 Å². The molecule has 2 N–H and O–H groups in total. The van der Waals surface area contributed by atoms with Gasteiger partial charge in [-0.1, -0.05) is 11.6 Å². The van der Waals surface area contributed by atoms with Crippen molar-refractivity contribution in [2.45, 2.75) is 26.7 Å². The largest absolute Gasteiger partial charge is 0.470 e. The number of carbonyl (C=O) groups is 2. The molecule has 0 radical (unpaired) electrons. The van der Waals surface area contributed by atoms with Crippen molar-refractivity contribution < 1.29 is 23.7 Å². The maximum Gasteiger partial charge on any atom is 0.276 e. The molecule has 0 aliphatic heterocycles. The number of non-ortho nitro benzene ring substituents is 1. The molecule has 13 nitrogen and oxygen atoms in total. The highest BCUT2D eigenvalue weighted by atomic mass is 35.5. The Balaban J connectivity index is 1.40. The number of nitrogens with one attached hydrogen (secondary N) is 2.